The number of rotatable bonds is 5. The molecule has 3 heterocycles. The molecule has 2 aromatic rings. The summed E-state index contributed by atoms with van der Waals surface area (Å²) >= 11 is 0. The van der Waals surface area contributed by atoms with Gasteiger partial charge in [-0.3, -0.25) is 14.9 Å². The predicted molar refractivity (Wildman–Crippen MR) is 96.6 cm³/mol. The van der Waals surface area contributed by atoms with Gasteiger partial charge in [-0.15, -0.1) is 0 Å². The van der Waals surface area contributed by atoms with Crippen LogP contribution in [0.25, 0.3) is 0 Å². The molecule has 4 heteroatoms. The lowest BCUT2D eigenvalue weighted by Gasteiger charge is -2.33. The van der Waals surface area contributed by atoms with Crippen LogP contribution >= 0.6 is 0 Å². The van der Waals surface area contributed by atoms with E-state index in [9.17, 15) is 0 Å². The smallest absolute Gasteiger partial charge is 0.0543 e. The fourth-order valence-electron chi connectivity index (χ4n) is 4.51. The van der Waals surface area contributed by atoms with Crippen LogP contribution < -0.4 is 5.32 Å². The third-order valence-corrected chi connectivity index (χ3v) is 5.68. The number of hydrogen-bond acceptors (Lipinski definition) is 4. The van der Waals surface area contributed by atoms with Crippen LogP contribution in [0.2, 0.25) is 0 Å². The van der Waals surface area contributed by atoms with Crippen LogP contribution in [0.4, 0.5) is 5.69 Å². The summed E-state index contributed by atoms with van der Waals surface area (Å²) in [5, 5.41) is 3.62. The minimum Gasteiger partial charge on any atom is -0.385 e. The molecule has 2 fully saturated rings. The summed E-state index contributed by atoms with van der Waals surface area (Å²) in [6, 6.07) is 10.3. The van der Waals surface area contributed by atoms with E-state index in [0.29, 0.717) is 0 Å². The molecule has 4 rings (SSSR count). The van der Waals surface area contributed by atoms with Crippen LogP contribution in [0.1, 0.15) is 25.0 Å². The maximum Gasteiger partial charge on any atom is 0.0543 e. The number of nitrogens with zero attached hydrogens (tertiary/aromatic N) is 3. The average Bonchev–Trinajstić information content (AvgIpc) is 3.04. The summed E-state index contributed by atoms with van der Waals surface area (Å²) in [7, 11) is 0. The Hall–Kier alpha value is -1.94. The molecule has 2 aromatic heterocycles. The van der Waals surface area contributed by atoms with Crippen molar-refractivity contribution < 1.29 is 0 Å². The van der Waals surface area contributed by atoms with Crippen LogP contribution in [-0.2, 0) is 6.54 Å². The summed E-state index contributed by atoms with van der Waals surface area (Å²) in [5.74, 6) is 2.48. The number of nitrogens with one attached hydrogen (secondary N) is 1. The first-order chi connectivity index (χ1) is 11.9. The molecule has 0 amide bonds. The Balaban J connectivity index is 1.36. The highest BCUT2D eigenvalue weighted by atomic mass is 15.2. The summed E-state index contributed by atoms with van der Waals surface area (Å²) in [6.45, 7) is 4.55. The number of hydrogen-bond donors (Lipinski definition) is 1. The van der Waals surface area contributed by atoms with Gasteiger partial charge in [0, 0.05) is 50.5 Å². The summed E-state index contributed by atoms with van der Waals surface area (Å²) in [4.78, 5) is 11.2. The van der Waals surface area contributed by atoms with Gasteiger partial charge in [-0.25, -0.2) is 0 Å². The van der Waals surface area contributed by atoms with Crippen molar-refractivity contribution in [1.29, 1.82) is 0 Å². The zero-order chi connectivity index (χ0) is 16.2. The largest absolute Gasteiger partial charge is 0.385 e. The van der Waals surface area contributed by atoms with Gasteiger partial charge in [0.1, 0.15) is 0 Å². The second kappa shape index (κ2) is 7.31. The van der Waals surface area contributed by atoms with Gasteiger partial charge in [0.25, 0.3) is 0 Å². The Morgan fingerprint density at radius 2 is 1.96 bits per heavy atom. The fraction of sp³-hybridized carbons (Fsp3) is 0.500. The molecule has 1 saturated carbocycles. The van der Waals surface area contributed by atoms with Crippen LogP contribution in [0.5, 0.6) is 0 Å². The molecule has 0 bridgehead atoms. The van der Waals surface area contributed by atoms with Gasteiger partial charge >= 0.3 is 0 Å². The van der Waals surface area contributed by atoms with Gasteiger partial charge in [-0.2, -0.15) is 0 Å². The average molecular weight is 322 g/mol. The highest BCUT2D eigenvalue weighted by molar-refractivity contribution is 5.40. The van der Waals surface area contributed by atoms with E-state index in [-0.39, 0.29) is 0 Å². The summed E-state index contributed by atoms with van der Waals surface area (Å²) in [6.07, 6.45) is 9.75. The van der Waals surface area contributed by atoms with Crippen molar-refractivity contribution in [3.05, 3.63) is 54.6 Å². The molecule has 0 spiro atoms. The highest BCUT2D eigenvalue weighted by Gasteiger charge is 2.39. The van der Waals surface area contributed by atoms with E-state index >= 15 is 0 Å². The van der Waals surface area contributed by atoms with Gasteiger partial charge in [0.15, 0.2) is 0 Å². The van der Waals surface area contributed by atoms with Crippen molar-refractivity contribution in [2.45, 2.75) is 25.8 Å². The normalized spacial score (nSPS) is 26.9. The third kappa shape index (κ3) is 3.59. The van der Waals surface area contributed by atoms with Crippen molar-refractivity contribution in [3.8, 4) is 0 Å². The van der Waals surface area contributed by atoms with E-state index in [1.165, 1.54) is 43.7 Å². The van der Waals surface area contributed by atoms with Gasteiger partial charge < -0.3 is 5.32 Å². The predicted octanol–water partition coefficient (Wildman–Crippen LogP) is 3.44. The molecule has 1 aliphatic heterocycles. The lowest BCUT2D eigenvalue weighted by molar-refractivity contribution is 0.207. The second-order valence-corrected chi connectivity index (χ2v) is 7.25. The minimum atomic E-state index is 0.783. The van der Waals surface area contributed by atoms with Crippen molar-refractivity contribution in [1.82, 2.24) is 14.9 Å². The number of fused-ring (bicyclic) bond motifs is 1. The number of likely N-dealkylation sites (tertiary alicyclic amines) is 1. The Morgan fingerprint density at radius 3 is 2.79 bits per heavy atom. The first-order valence-electron chi connectivity index (χ1n) is 9.14. The quantitative estimate of drug-likeness (QED) is 0.915. The molecule has 126 valence electrons. The van der Waals surface area contributed by atoms with Gasteiger partial charge in [0.05, 0.1) is 5.69 Å². The van der Waals surface area contributed by atoms with E-state index in [1.807, 2.05) is 24.7 Å². The Morgan fingerprint density at radius 1 is 1.04 bits per heavy atom. The number of pyridine rings is 2. The zero-order valence-electron chi connectivity index (χ0n) is 14.1. The maximum atomic E-state index is 4.49. The molecule has 4 nitrogen and oxygen atoms in total. The number of aromatic nitrogens is 2. The maximum absolute atomic E-state index is 4.49. The van der Waals surface area contributed by atoms with Crippen molar-refractivity contribution in [3.63, 3.8) is 0 Å². The number of anilines is 1. The van der Waals surface area contributed by atoms with Crippen molar-refractivity contribution in [2.75, 3.05) is 25.0 Å². The Kier molecular flexibility index (Phi) is 4.74. The third-order valence-electron chi connectivity index (χ3n) is 5.68. The van der Waals surface area contributed by atoms with Crippen molar-refractivity contribution in [2.24, 2.45) is 17.8 Å². The Bertz CT molecular complexity index is 631. The molecule has 0 unspecified atom stereocenters. The topological polar surface area (TPSA) is 41.0 Å². The van der Waals surface area contributed by atoms with Gasteiger partial charge in [-0.05, 0) is 54.9 Å². The molecular weight excluding hydrogens is 296 g/mol. The molecular formula is C20H26N4. The SMILES string of the molecule is c1ccc(CN2C[C@@H]3CCC[C@H](CNc4ccncc4)[C@@H]3C2)nc1. The molecule has 3 atom stereocenters. The van der Waals surface area contributed by atoms with Crippen LogP contribution in [0.15, 0.2) is 48.9 Å². The first kappa shape index (κ1) is 15.6. The molecule has 2 aliphatic rings. The monoisotopic (exact) mass is 322 g/mol. The van der Waals surface area contributed by atoms with E-state index < -0.39 is 0 Å². The Labute approximate surface area is 144 Å². The van der Waals surface area contributed by atoms with E-state index in [0.717, 1.165) is 30.8 Å². The molecule has 24 heavy (non-hydrogen) atoms. The molecule has 1 saturated heterocycles. The standard InChI is InChI=1S/C20H26N4/c1-2-9-22-19(6-1)14-24-13-17-5-3-4-16(20(17)15-24)12-23-18-7-10-21-11-8-18/h1-2,6-11,16-17,20H,3-5,12-15H2,(H,21,23)/t16-,17+,20+/m1/s1. The van der Waals surface area contributed by atoms with Crippen LogP contribution in [0, 0.1) is 17.8 Å². The van der Waals surface area contributed by atoms with Gasteiger partial charge in [0.2, 0.25) is 0 Å². The molecule has 1 aliphatic carbocycles. The fourth-order valence-corrected chi connectivity index (χ4v) is 4.51. The second-order valence-electron chi connectivity index (χ2n) is 7.25. The van der Waals surface area contributed by atoms with Gasteiger partial charge in [-0.1, -0.05) is 12.5 Å². The van der Waals surface area contributed by atoms with Crippen LogP contribution in [-0.4, -0.2) is 34.5 Å². The zero-order valence-corrected chi connectivity index (χ0v) is 14.1. The van der Waals surface area contributed by atoms with Crippen molar-refractivity contribution >= 4 is 5.69 Å². The highest BCUT2D eigenvalue weighted by Crippen LogP contribution is 2.40. The van der Waals surface area contributed by atoms with E-state index in [1.54, 1.807) is 0 Å². The molecule has 0 radical (unpaired) electrons. The molecule has 0 aromatic carbocycles. The lowest BCUT2D eigenvalue weighted by atomic mass is 9.74. The lowest BCUT2D eigenvalue weighted by Crippen LogP contribution is -2.32. The van der Waals surface area contributed by atoms with E-state index in [2.05, 4.69) is 44.5 Å². The summed E-state index contributed by atoms with van der Waals surface area (Å²) in [5.41, 5.74) is 2.39. The summed E-state index contributed by atoms with van der Waals surface area (Å²) < 4.78 is 0. The minimum absolute atomic E-state index is 0.783. The van der Waals surface area contributed by atoms with Crippen LogP contribution in [0.3, 0.4) is 0 Å². The van der Waals surface area contributed by atoms with E-state index in [4.69, 9.17) is 0 Å². The first-order valence-corrected chi connectivity index (χ1v) is 9.14. The molecule has 1 N–H and O–H groups in total.